The third-order valence-electron chi connectivity index (χ3n) is 5.57. The number of benzene rings is 2. The lowest BCUT2D eigenvalue weighted by molar-refractivity contribution is 0.434. The van der Waals surface area contributed by atoms with Crippen LogP contribution >= 0.6 is 12.2 Å². The van der Waals surface area contributed by atoms with Gasteiger partial charge in [-0.05, 0) is 61.0 Å². The second-order valence-electron chi connectivity index (χ2n) is 7.58. The van der Waals surface area contributed by atoms with Gasteiger partial charge in [0.15, 0.2) is 5.11 Å². The Balaban J connectivity index is 1.67. The fourth-order valence-corrected chi connectivity index (χ4v) is 4.51. The van der Waals surface area contributed by atoms with Crippen LogP contribution < -0.4 is 14.9 Å². The number of halogens is 1. The Morgan fingerprint density at radius 1 is 1.17 bits per heavy atom. The van der Waals surface area contributed by atoms with Gasteiger partial charge in [0.05, 0.1) is 11.9 Å². The molecule has 156 valence electrons. The first-order valence-corrected chi connectivity index (χ1v) is 11.8. The normalized spacial score (nSPS) is 15.7. The van der Waals surface area contributed by atoms with Gasteiger partial charge in [0.1, 0.15) is 5.82 Å². The number of anilines is 2. The number of thiocarbonyl (C=S) groups is 1. The number of sulfonamides is 1. The summed E-state index contributed by atoms with van der Waals surface area (Å²) in [5, 5.41) is 6.90. The Bertz CT molecular complexity index is 972. The molecule has 1 fully saturated rings. The Morgan fingerprint density at radius 3 is 2.45 bits per heavy atom. The summed E-state index contributed by atoms with van der Waals surface area (Å²) < 4.78 is 38.0. The molecule has 0 radical (unpaired) electrons. The largest absolute Gasteiger partial charge is 0.362 e. The molecule has 0 spiro atoms. The molecule has 1 aliphatic carbocycles. The molecule has 2 N–H and O–H groups in total. The molecule has 3 rings (SSSR count). The summed E-state index contributed by atoms with van der Waals surface area (Å²) >= 11 is 5.46. The molecule has 0 aliphatic heterocycles. The molecule has 8 heteroatoms. The smallest absolute Gasteiger partial charge is 0.231 e. The van der Waals surface area contributed by atoms with E-state index in [1.165, 1.54) is 23.5 Å². The van der Waals surface area contributed by atoms with Crippen LogP contribution in [0.2, 0.25) is 0 Å². The summed E-state index contributed by atoms with van der Waals surface area (Å²) in [7, 11) is -1.82. The highest BCUT2D eigenvalue weighted by Gasteiger charge is 2.35. The highest BCUT2D eigenvalue weighted by atomic mass is 32.2. The van der Waals surface area contributed by atoms with Crippen LogP contribution in [-0.2, 0) is 15.4 Å². The van der Waals surface area contributed by atoms with E-state index in [4.69, 9.17) is 12.2 Å². The monoisotopic (exact) mass is 435 g/mol. The quantitative estimate of drug-likeness (QED) is 0.671. The van der Waals surface area contributed by atoms with E-state index in [0.717, 1.165) is 37.5 Å². The topological polar surface area (TPSA) is 61.4 Å². The van der Waals surface area contributed by atoms with Crippen molar-refractivity contribution in [3.05, 3.63) is 59.9 Å². The maximum absolute atomic E-state index is 13.3. The van der Waals surface area contributed by atoms with Crippen molar-refractivity contribution in [1.82, 2.24) is 5.32 Å². The Morgan fingerprint density at radius 2 is 1.83 bits per heavy atom. The van der Waals surface area contributed by atoms with Gasteiger partial charge in [0.25, 0.3) is 0 Å². The van der Waals surface area contributed by atoms with E-state index in [9.17, 15) is 12.8 Å². The molecule has 0 unspecified atom stereocenters. The number of hydrogen-bond acceptors (Lipinski definition) is 3. The van der Waals surface area contributed by atoms with Crippen molar-refractivity contribution in [2.45, 2.75) is 31.1 Å². The number of nitrogens with one attached hydrogen (secondary N) is 2. The molecule has 2 aromatic carbocycles. The van der Waals surface area contributed by atoms with E-state index in [1.54, 1.807) is 18.2 Å². The van der Waals surface area contributed by atoms with Gasteiger partial charge in [-0.25, -0.2) is 12.8 Å². The summed E-state index contributed by atoms with van der Waals surface area (Å²) in [6.45, 7) is 0.660. The van der Waals surface area contributed by atoms with E-state index < -0.39 is 10.0 Å². The van der Waals surface area contributed by atoms with Gasteiger partial charge in [-0.2, -0.15) is 0 Å². The lowest BCUT2D eigenvalue weighted by Crippen LogP contribution is -2.40. The minimum atomic E-state index is -3.33. The van der Waals surface area contributed by atoms with Crippen LogP contribution in [0, 0.1) is 5.82 Å². The average Bonchev–Trinajstić information content (AvgIpc) is 3.16. The molecule has 1 aliphatic rings. The predicted molar refractivity (Wildman–Crippen MR) is 120 cm³/mol. The van der Waals surface area contributed by atoms with E-state index in [2.05, 4.69) is 10.6 Å². The average molecular weight is 436 g/mol. The third-order valence-corrected chi connectivity index (χ3v) is 7.02. The highest BCUT2D eigenvalue weighted by molar-refractivity contribution is 7.92. The lowest BCUT2D eigenvalue weighted by Gasteiger charge is -2.30. The number of hydrogen-bond donors (Lipinski definition) is 2. The first-order chi connectivity index (χ1) is 13.7. The van der Waals surface area contributed by atoms with E-state index in [-0.39, 0.29) is 11.2 Å². The van der Waals surface area contributed by atoms with Crippen molar-refractivity contribution < 1.29 is 12.8 Å². The zero-order chi connectivity index (χ0) is 21.1. The third kappa shape index (κ3) is 5.25. The second-order valence-corrected chi connectivity index (χ2v) is 10.0. The maximum atomic E-state index is 13.3. The maximum Gasteiger partial charge on any atom is 0.231 e. The molecule has 5 nitrogen and oxygen atoms in total. The Labute approximate surface area is 177 Å². The molecule has 0 atom stereocenters. The molecular weight excluding hydrogens is 409 g/mol. The van der Waals surface area contributed by atoms with E-state index in [1.807, 2.05) is 18.2 Å². The highest BCUT2D eigenvalue weighted by Crippen LogP contribution is 2.40. The predicted octanol–water partition coefficient (Wildman–Crippen LogP) is 4.02. The molecular formula is C21H26FN3O2S2. The van der Waals surface area contributed by atoms with Gasteiger partial charge in [0.2, 0.25) is 10.0 Å². The fourth-order valence-electron chi connectivity index (χ4n) is 3.82. The van der Waals surface area contributed by atoms with E-state index in [0.29, 0.717) is 23.0 Å². The molecule has 0 saturated heterocycles. The van der Waals surface area contributed by atoms with Crippen LogP contribution in [-0.4, -0.2) is 33.4 Å². The van der Waals surface area contributed by atoms with Crippen molar-refractivity contribution in [3.8, 4) is 0 Å². The van der Waals surface area contributed by atoms with Crippen molar-refractivity contribution in [2.75, 3.05) is 29.5 Å². The van der Waals surface area contributed by atoms with Crippen molar-refractivity contribution in [1.29, 1.82) is 0 Å². The zero-order valence-electron chi connectivity index (χ0n) is 16.6. The van der Waals surface area contributed by atoms with Gasteiger partial charge in [-0.1, -0.05) is 31.0 Å². The van der Waals surface area contributed by atoms with Crippen molar-refractivity contribution in [2.24, 2.45) is 0 Å². The molecule has 2 aromatic rings. The Kier molecular flexibility index (Phi) is 6.43. The summed E-state index contributed by atoms with van der Waals surface area (Å²) in [6, 6.07) is 13.8. The standard InChI is InChI=1S/C21H26FN3O2S2/c1-25(29(2,26)27)19-7-5-6-18(14-19)24-20(28)23-15-21(12-3-4-13-21)16-8-10-17(22)11-9-16/h5-11,14H,3-4,12-13,15H2,1-2H3,(H2,23,24,28). The number of nitrogens with zero attached hydrogens (tertiary/aromatic N) is 1. The fraction of sp³-hybridized carbons (Fsp3) is 0.381. The van der Waals surface area contributed by atoms with Crippen molar-refractivity contribution in [3.63, 3.8) is 0 Å². The summed E-state index contributed by atoms with van der Waals surface area (Å²) in [4.78, 5) is 0. The van der Waals surface area contributed by atoms with Crippen LogP contribution in [0.25, 0.3) is 0 Å². The van der Waals surface area contributed by atoms with Gasteiger partial charge in [-0.3, -0.25) is 4.31 Å². The Hall–Kier alpha value is -2.19. The van der Waals surface area contributed by atoms with Crippen molar-refractivity contribution >= 4 is 38.7 Å². The molecule has 1 saturated carbocycles. The number of rotatable bonds is 6. The van der Waals surface area contributed by atoms with Gasteiger partial charge < -0.3 is 10.6 Å². The van der Waals surface area contributed by atoms with E-state index >= 15 is 0 Å². The zero-order valence-corrected chi connectivity index (χ0v) is 18.2. The molecule has 29 heavy (non-hydrogen) atoms. The SMILES string of the molecule is CN(c1cccc(NC(=S)NCC2(c3ccc(F)cc3)CCCC2)c1)S(C)(=O)=O. The molecule has 0 aromatic heterocycles. The van der Waals surface area contributed by atoms with Gasteiger partial charge in [-0.15, -0.1) is 0 Å². The van der Waals surface area contributed by atoms with Crippen LogP contribution in [0.15, 0.2) is 48.5 Å². The van der Waals surface area contributed by atoms with Crippen LogP contribution in [0.3, 0.4) is 0 Å². The summed E-state index contributed by atoms with van der Waals surface area (Å²) in [5.74, 6) is -0.231. The summed E-state index contributed by atoms with van der Waals surface area (Å²) in [5.41, 5.74) is 2.33. The first kappa shape index (κ1) is 21.5. The minimum absolute atomic E-state index is 0.0577. The molecule has 0 amide bonds. The lowest BCUT2D eigenvalue weighted by atomic mass is 9.79. The van der Waals surface area contributed by atoms with Crippen LogP contribution in [0.1, 0.15) is 31.2 Å². The second kappa shape index (κ2) is 8.67. The van der Waals surface area contributed by atoms with Crippen LogP contribution in [0.4, 0.5) is 15.8 Å². The van der Waals surface area contributed by atoms with Gasteiger partial charge >= 0.3 is 0 Å². The summed E-state index contributed by atoms with van der Waals surface area (Å²) in [6.07, 6.45) is 5.50. The molecule has 0 bridgehead atoms. The first-order valence-electron chi connectivity index (χ1n) is 9.55. The van der Waals surface area contributed by atoms with Gasteiger partial charge in [0, 0.05) is 24.7 Å². The minimum Gasteiger partial charge on any atom is -0.362 e. The van der Waals surface area contributed by atoms with Crippen LogP contribution in [0.5, 0.6) is 0 Å². The molecule has 0 heterocycles.